The monoisotopic (exact) mass is 235 g/mol. The lowest BCUT2D eigenvalue weighted by Gasteiger charge is -2.21. The topological polar surface area (TPSA) is 3.24 Å². The summed E-state index contributed by atoms with van der Waals surface area (Å²) in [5.74, 6) is 1.81. The molecule has 16 heavy (non-hydrogen) atoms. The minimum Gasteiger partial charge on any atom is -0.371 e. The zero-order valence-electron chi connectivity index (χ0n) is 10.0. The average molecular weight is 235 g/mol. The van der Waals surface area contributed by atoms with E-state index in [0.717, 1.165) is 11.7 Å². The molecule has 1 heterocycles. The molecule has 0 amide bonds. The third kappa shape index (κ3) is 2.73. The summed E-state index contributed by atoms with van der Waals surface area (Å²) in [6.45, 7) is 4.73. The molecular formula is C14H21NS. The van der Waals surface area contributed by atoms with Crippen LogP contribution >= 0.6 is 12.6 Å². The number of anilines is 1. The molecule has 1 aromatic carbocycles. The first-order valence-corrected chi connectivity index (χ1v) is 6.88. The molecule has 1 nitrogen and oxygen atoms in total. The molecule has 0 aliphatic carbocycles. The second-order valence-electron chi connectivity index (χ2n) is 4.77. The van der Waals surface area contributed by atoms with Gasteiger partial charge in [0.15, 0.2) is 0 Å². The first-order chi connectivity index (χ1) is 7.81. The van der Waals surface area contributed by atoms with Crippen LogP contribution in [0.4, 0.5) is 5.69 Å². The Morgan fingerprint density at radius 1 is 1.31 bits per heavy atom. The van der Waals surface area contributed by atoms with Crippen LogP contribution in [0.15, 0.2) is 24.3 Å². The molecule has 0 fully saturated rings. The number of fused-ring (bicyclic) bond motifs is 1. The van der Waals surface area contributed by atoms with Crippen LogP contribution in [0.1, 0.15) is 25.3 Å². The summed E-state index contributed by atoms with van der Waals surface area (Å²) >= 11 is 4.29. The predicted molar refractivity (Wildman–Crippen MR) is 74.6 cm³/mol. The fourth-order valence-electron chi connectivity index (χ4n) is 2.38. The lowest BCUT2D eigenvalue weighted by molar-refractivity contribution is 0.518. The molecule has 0 radical (unpaired) electrons. The van der Waals surface area contributed by atoms with E-state index in [1.807, 2.05) is 0 Å². The highest BCUT2D eigenvalue weighted by Gasteiger charge is 2.18. The highest BCUT2D eigenvalue weighted by atomic mass is 32.1. The van der Waals surface area contributed by atoms with Crippen LogP contribution in [0.3, 0.4) is 0 Å². The molecule has 1 aromatic rings. The zero-order chi connectivity index (χ0) is 11.4. The fraction of sp³-hybridized carbons (Fsp3) is 0.571. The van der Waals surface area contributed by atoms with E-state index in [4.69, 9.17) is 0 Å². The number of thiol groups is 1. The Bertz CT molecular complexity index is 337. The number of hydrogen-bond donors (Lipinski definition) is 1. The van der Waals surface area contributed by atoms with Crippen LogP contribution in [0.2, 0.25) is 0 Å². The number of benzene rings is 1. The molecule has 2 rings (SSSR count). The molecule has 1 atom stereocenters. The van der Waals surface area contributed by atoms with Crippen molar-refractivity contribution >= 4 is 18.3 Å². The van der Waals surface area contributed by atoms with Gasteiger partial charge in [0.25, 0.3) is 0 Å². The van der Waals surface area contributed by atoms with Gasteiger partial charge in [-0.15, -0.1) is 0 Å². The molecule has 2 heteroatoms. The Morgan fingerprint density at radius 2 is 2.12 bits per heavy atom. The van der Waals surface area contributed by atoms with E-state index in [2.05, 4.69) is 48.7 Å². The van der Waals surface area contributed by atoms with Crippen molar-refractivity contribution in [3.63, 3.8) is 0 Å². The van der Waals surface area contributed by atoms with Gasteiger partial charge in [0.2, 0.25) is 0 Å². The maximum absolute atomic E-state index is 4.29. The Labute approximate surface area is 104 Å². The predicted octanol–water partition coefficient (Wildman–Crippen LogP) is 3.40. The maximum Gasteiger partial charge on any atom is 0.0399 e. The molecule has 1 unspecified atom stereocenters. The van der Waals surface area contributed by atoms with Crippen LogP contribution in [-0.4, -0.2) is 18.8 Å². The molecule has 88 valence electrons. The van der Waals surface area contributed by atoms with Crippen molar-refractivity contribution < 1.29 is 0 Å². The molecule has 0 aromatic heterocycles. The van der Waals surface area contributed by atoms with E-state index in [1.54, 1.807) is 0 Å². The number of rotatable bonds is 5. The lowest BCUT2D eigenvalue weighted by Crippen LogP contribution is -2.23. The molecule has 0 spiro atoms. The summed E-state index contributed by atoms with van der Waals surface area (Å²) in [6.07, 6.45) is 3.74. The summed E-state index contributed by atoms with van der Waals surface area (Å²) in [5.41, 5.74) is 2.98. The van der Waals surface area contributed by atoms with Gasteiger partial charge in [0.1, 0.15) is 0 Å². The van der Waals surface area contributed by atoms with Gasteiger partial charge in [-0.1, -0.05) is 25.1 Å². The zero-order valence-corrected chi connectivity index (χ0v) is 10.9. The Kier molecular flexibility index (Phi) is 4.16. The van der Waals surface area contributed by atoms with Gasteiger partial charge in [-0.3, -0.25) is 0 Å². The van der Waals surface area contributed by atoms with Gasteiger partial charge >= 0.3 is 0 Å². The molecule has 0 bridgehead atoms. The number of hydrogen-bond acceptors (Lipinski definition) is 2. The van der Waals surface area contributed by atoms with E-state index < -0.39 is 0 Å². The Hall–Kier alpha value is -0.630. The van der Waals surface area contributed by atoms with Crippen LogP contribution in [0.25, 0.3) is 0 Å². The average Bonchev–Trinajstić information content (AvgIpc) is 2.70. The second-order valence-corrected chi connectivity index (χ2v) is 5.22. The quantitative estimate of drug-likeness (QED) is 0.766. The first kappa shape index (κ1) is 11.8. The van der Waals surface area contributed by atoms with Gasteiger partial charge in [-0.05, 0) is 42.6 Å². The van der Waals surface area contributed by atoms with Gasteiger partial charge < -0.3 is 4.90 Å². The third-order valence-corrected chi connectivity index (χ3v) is 3.76. The maximum atomic E-state index is 4.29. The molecule has 0 saturated heterocycles. The van der Waals surface area contributed by atoms with Crippen molar-refractivity contribution in [2.24, 2.45) is 5.92 Å². The van der Waals surface area contributed by atoms with E-state index in [1.165, 1.54) is 43.6 Å². The van der Waals surface area contributed by atoms with Crippen LogP contribution < -0.4 is 4.90 Å². The van der Waals surface area contributed by atoms with Gasteiger partial charge in [-0.25, -0.2) is 0 Å². The van der Waals surface area contributed by atoms with Gasteiger partial charge in [-0.2, -0.15) is 12.6 Å². The highest BCUT2D eigenvalue weighted by molar-refractivity contribution is 7.80. The van der Waals surface area contributed by atoms with E-state index in [-0.39, 0.29) is 0 Å². The van der Waals surface area contributed by atoms with E-state index in [9.17, 15) is 0 Å². The number of nitrogens with zero attached hydrogens (tertiary/aromatic N) is 1. The van der Waals surface area contributed by atoms with Crippen molar-refractivity contribution in [1.82, 2.24) is 0 Å². The normalized spacial score (nSPS) is 16.2. The molecular weight excluding hydrogens is 214 g/mol. The van der Waals surface area contributed by atoms with E-state index in [0.29, 0.717) is 0 Å². The smallest absolute Gasteiger partial charge is 0.0399 e. The van der Waals surface area contributed by atoms with Crippen molar-refractivity contribution in [2.45, 2.75) is 26.2 Å². The van der Waals surface area contributed by atoms with Crippen molar-refractivity contribution in [3.8, 4) is 0 Å². The second kappa shape index (κ2) is 5.62. The summed E-state index contributed by atoms with van der Waals surface area (Å²) in [7, 11) is 0. The Balaban J connectivity index is 1.88. The molecule has 0 saturated carbocycles. The fourth-order valence-corrected chi connectivity index (χ4v) is 2.82. The Morgan fingerprint density at radius 3 is 2.94 bits per heavy atom. The standard InChI is InChI=1S/C14H21NS/c1-12(8-11-16)6-9-15-10-7-13-4-2-3-5-14(13)15/h2-5,12,16H,6-11H2,1H3. The molecule has 1 aliphatic heterocycles. The summed E-state index contributed by atoms with van der Waals surface area (Å²) in [5, 5.41) is 0. The van der Waals surface area contributed by atoms with Gasteiger partial charge in [0.05, 0.1) is 0 Å². The van der Waals surface area contributed by atoms with Crippen molar-refractivity contribution in [2.75, 3.05) is 23.7 Å². The summed E-state index contributed by atoms with van der Waals surface area (Å²) in [6, 6.07) is 8.80. The van der Waals surface area contributed by atoms with E-state index >= 15 is 0 Å². The van der Waals surface area contributed by atoms with Crippen LogP contribution in [-0.2, 0) is 6.42 Å². The van der Waals surface area contributed by atoms with Crippen molar-refractivity contribution in [1.29, 1.82) is 0 Å². The van der Waals surface area contributed by atoms with Crippen molar-refractivity contribution in [3.05, 3.63) is 29.8 Å². The largest absolute Gasteiger partial charge is 0.371 e. The number of para-hydroxylation sites is 1. The summed E-state index contributed by atoms with van der Waals surface area (Å²) in [4.78, 5) is 2.53. The highest BCUT2D eigenvalue weighted by Crippen LogP contribution is 2.27. The SMILES string of the molecule is CC(CCS)CCN1CCc2ccccc21. The molecule has 1 aliphatic rings. The summed E-state index contributed by atoms with van der Waals surface area (Å²) < 4.78 is 0. The molecule has 0 N–H and O–H groups in total. The van der Waals surface area contributed by atoms with Crippen LogP contribution in [0.5, 0.6) is 0 Å². The minimum atomic E-state index is 0.797. The third-order valence-electron chi connectivity index (χ3n) is 3.50. The first-order valence-electron chi connectivity index (χ1n) is 6.25. The van der Waals surface area contributed by atoms with Crippen LogP contribution in [0, 0.1) is 5.92 Å². The minimum absolute atomic E-state index is 0.797. The lowest BCUT2D eigenvalue weighted by atomic mass is 10.1. The van der Waals surface area contributed by atoms with Gasteiger partial charge in [0, 0.05) is 18.8 Å².